The fraction of sp³-hybridized carbons (Fsp3) is 0.227. The number of benzene rings is 2. The average Bonchev–Trinajstić information content (AvgIpc) is 3.29. The van der Waals surface area contributed by atoms with Crippen LogP contribution >= 0.6 is 0 Å². The number of nitrogens with zero attached hydrogens (tertiary/aromatic N) is 1. The first-order valence-electron chi connectivity index (χ1n) is 9.37. The van der Waals surface area contributed by atoms with Crippen molar-refractivity contribution in [2.24, 2.45) is 0 Å². The van der Waals surface area contributed by atoms with Crippen LogP contribution in [-0.4, -0.2) is 33.4 Å². The van der Waals surface area contributed by atoms with Gasteiger partial charge >= 0.3 is 0 Å². The predicted octanol–water partition coefficient (Wildman–Crippen LogP) is 3.36. The smallest absolute Gasteiger partial charge is 0.241 e. The SMILES string of the molecule is COc1ccc(S(=O)(=O)NC(CC(=O)N(C)Cc2ccccc2)c2ccco2)cc1. The predicted molar refractivity (Wildman–Crippen MR) is 112 cm³/mol. The summed E-state index contributed by atoms with van der Waals surface area (Å²) in [4.78, 5) is 14.4. The van der Waals surface area contributed by atoms with Crippen LogP contribution in [0.25, 0.3) is 0 Å². The quantitative estimate of drug-likeness (QED) is 0.565. The molecule has 8 heteroatoms. The summed E-state index contributed by atoms with van der Waals surface area (Å²) < 4.78 is 38.8. The molecular formula is C22H24N2O5S. The monoisotopic (exact) mass is 428 g/mol. The number of amides is 1. The van der Waals surface area contributed by atoms with E-state index in [4.69, 9.17) is 9.15 Å². The maximum atomic E-state index is 12.9. The lowest BCUT2D eigenvalue weighted by atomic mass is 10.1. The van der Waals surface area contributed by atoms with Crippen LogP contribution in [0.4, 0.5) is 0 Å². The third-order valence-electron chi connectivity index (χ3n) is 4.62. The largest absolute Gasteiger partial charge is 0.497 e. The van der Waals surface area contributed by atoms with Crippen molar-refractivity contribution in [2.45, 2.75) is 23.9 Å². The summed E-state index contributed by atoms with van der Waals surface area (Å²) in [5.41, 5.74) is 0.988. The number of nitrogens with one attached hydrogen (secondary N) is 1. The van der Waals surface area contributed by atoms with E-state index in [1.54, 1.807) is 36.2 Å². The van der Waals surface area contributed by atoms with E-state index in [-0.39, 0.29) is 17.2 Å². The van der Waals surface area contributed by atoms with Crippen molar-refractivity contribution in [1.29, 1.82) is 0 Å². The van der Waals surface area contributed by atoms with Crippen LogP contribution in [0.2, 0.25) is 0 Å². The zero-order chi connectivity index (χ0) is 21.6. The van der Waals surface area contributed by atoms with E-state index in [1.807, 2.05) is 30.3 Å². The zero-order valence-electron chi connectivity index (χ0n) is 16.8. The van der Waals surface area contributed by atoms with Crippen LogP contribution in [0.1, 0.15) is 23.8 Å². The number of furan rings is 1. The Kier molecular flexibility index (Phi) is 6.91. The van der Waals surface area contributed by atoms with Crippen molar-refractivity contribution >= 4 is 15.9 Å². The molecule has 0 saturated carbocycles. The summed E-state index contributed by atoms with van der Waals surface area (Å²) in [5.74, 6) is 0.709. The van der Waals surface area contributed by atoms with Crippen molar-refractivity contribution < 1.29 is 22.4 Å². The third-order valence-corrected chi connectivity index (χ3v) is 6.11. The Morgan fingerprint density at radius 1 is 1.07 bits per heavy atom. The first-order chi connectivity index (χ1) is 14.4. The number of hydrogen-bond donors (Lipinski definition) is 1. The number of hydrogen-bond acceptors (Lipinski definition) is 5. The highest BCUT2D eigenvalue weighted by atomic mass is 32.2. The van der Waals surface area contributed by atoms with Gasteiger partial charge in [-0.2, -0.15) is 4.72 Å². The topological polar surface area (TPSA) is 88.8 Å². The van der Waals surface area contributed by atoms with E-state index in [1.165, 1.54) is 25.5 Å². The summed E-state index contributed by atoms with van der Waals surface area (Å²) in [6, 6.07) is 18.1. The van der Waals surface area contributed by atoms with Crippen LogP contribution in [-0.2, 0) is 21.4 Å². The minimum absolute atomic E-state index is 0.0740. The van der Waals surface area contributed by atoms with E-state index in [2.05, 4.69) is 4.72 Å². The summed E-state index contributed by atoms with van der Waals surface area (Å²) in [5, 5.41) is 0. The molecule has 2 aromatic carbocycles. The molecule has 3 aromatic rings. The van der Waals surface area contributed by atoms with Crippen molar-refractivity contribution in [3.8, 4) is 5.75 Å². The van der Waals surface area contributed by atoms with E-state index >= 15 is 0 Å². The van der Waals surface area contributed by atoms with Gasteiger partial charge in [0.2, 0.25) is 15.9 Å². The molecule has 1 unspecified atom stereocenters. The number of sulfonamides is 1. The molecule has 1 atom stereocenters. The number of ether oxygens (including phenoxy) is 1. The maximum Gasteiger partial charge on any atom is 0.241 e. The molecule has 30 heavy (non-hydrogen) atoms. The molecule has 1 aromatic heterocycles. The molecule has 0 aliphatic heterocycles. The van der Waals surface area contributed by atoms with Gasteiger partial charge in [0.25, 0.3) is 0 Å². The molecule has 0 spiro atoms. The van der Waals surface area contributed by atoms with Crippen LogP contribution in [0.3, 0.4) is 0 Å². The van der Waals surface area contributed by atoms with Crippen LogP contribution in [0.15, 0.2) is 82.3 Å². The molecule has 7 nitrogen and oxygen atoms in total. The van der Waals surface area contributed by atoms with Gasteiger partial charge in [-0.3, -0.25) is 4.79 Å². The highest BCUT2D eigenvalue weighted by Gasteiger charge is 2.27. The van der Waals surface area contributed by atoms with Gasteiger partial charge in [-0.25, -0.2) is 8.42 Å². The lowest BCUT2D eigenvalue weighted by molar-refractivity contribution is -0.131. The maximum absolute atomic E-state index is 12.9. The highest BCUT2D eigenvalue weighted by Crippen LogP contribution is 2.23. The first-order valence-corrected chi connectivity index (χ1v) is 10.8. The molecule has 1 heterocycles. The Morgan fingerprint density at radius 3 is 2.37 bits per heavy atom. The molecule has 3 rings (SSSR count). The normalized spacial score (nSPS) is 12.3. The van der Waals surface area contributed by atoms with Gasteiger partial charge in [-0.05, 0) is 42.0 Å². The molecule has 0 radical (unpaired) electrons. The summed E-state index contributed by atoms with van der Waals surface area (Å²) in [6.07, 6.45) is 1.37. The van der Waals surface area contributed by atoms with E-state index in [0.29, 0.717) is 18.1 Å². The summed E-state index contributed by atoms with van der Waals surface area (Å²) >= 11 is 0. The zero-order valence-corrected chi connectivity index (χ0v) is 17.6. The van der Waals surface area contributed by atoms with Gasteiger partial charge in [0.15, 0.2) is 0 Å². The Balaban J connectivity index is 1.75. The number of carbonyl (C=O) groups is 1. The summed E-state index contributed by atoms with van der Waals surface area (Å²) in [7, 11) is -0.684. The van der Waals surface area contributed by atoms with E-state index in [9.17, 15) is 13.2 Å². The minimum Gasteiger partial charge on any atom is -0.497 e. The Morgan fingerprint density at radius 2 is 1.77 bits per heavy atom. The van der Waals surface area contributed by atoms with Crippen molar-refractivity contribution in [1.82, 2.24) is 9.62 Å². The van der Waals surface area contributed by atoms with Crippen molar-refractivity contribution in [2.75, 3.05) is 14.2 Å². The van der Waals surface area contributed by atoms with Gasteiger partial charge in [0.05, 0.1) is 30.7 Å². The van der Waals surface area contributed by atoms with E-state index in [0.717, 1.165) is 5.56 Å². The number of methoxy groups -OCH3 is 1. The highest BCUT2D eigenvalue weighted by molar-refractivity contribution is 7.89. The second kappa shape index (κ2) is 9.60. The van der Waals surface area contributed by atoms with Crippen LogP contribution < -0.4 is 9.46 Å². The lowest BCUT2D eigenvalue weighted by Gasteiger charge is -2.21. The van der Waals surface area contributed by atoms with Crippen LogP contribution in [0, 0.1) is 0 Å². The molecule has 0 aliphatic carbocycles. The van der Waals surface area contributed by atoms with Gasteiger partial charge in [0.1, 0.15) is 11.5 Å². The van der Waals surface area contributed by atoms with Gasteiger partial charge in [-0.15, -0.1) is 0 Å². The van der Waals surface area contributed by atoms with Gasteiger partial charge in [0, 0.05) is 13.6 Å². The van der Waals surface area contributed by atoms with Gasteiger partial charge < -0.3 is 14.1 Å². The van der Waals surface area contributed by atoms with Crippen molar-refractivity contribution in [3.63, 3.8) is 0 Å². The molecular weight excluding hydrogens is 404 g/mol. The van der Waals surface area contributed by atoms with Gasteiger partial charge in [-0.1, -0.05) is 30.3 Å². The fourth-order valence-corrected chi connectivity index (χ4v) is 4.18. The fourth-order valence-electron chi connectivity index (χ4n) is 2.98. The Bertz CT molecular complexity index is 1050. The molecule has 0 aliphatic rings. The molecule has 0 bridgehead atoms. The van der Waals surface area contributed by atoms with E-state index < -0.39 is 16.1 Å². The summed E-state index contributed by atoms with van der Waals surface area (Å²) in [6.45, 7) is 0.426. The Labute approximate surface area is 176 Å². The molecule has 1 amide bonds. The number of rotatable bonds is 9. The van der Waals surface area contributed by atoms with Crippen LogP contribution in [0.5, 0.6) is 5.75 Å². The first kappa shape index (κ1) is 21.6. The second-order valence-electron chi connectivity index (χ2n) is 6.80. The molecule has 1 N–H and O–H groups in total. The average molecular weight is 429 g/mol. The standard InChI is InChI=1S/C22H24N2O5S/c1-24(16-17-7-4-3-5-8-17)22(25)15-20(21-9-6-14-29-21)23-30(26,27)19-12-10-18(28-2)11-13-19/h3-14,20,23H,15-16H2,1-2H3. The third kappa shape index (κ3) is 5.49. The molecule has 158 valence electrons. The number of carbonyl (C=O) groups excluding carboxylic acids is 1. The molecule has 0 fully saturated rings. The minimum atomic E-state index is -3.88. The Hall–Kier alpha value is -3.10. The lowest BCUT2D eigenvalue weighted by Crippen LogP contribution is -2.34. The van der Waals surface area contributed by atoms with Crippen molar-refractivity contribution in [3.05, 3.63) is 84.3 Å². The second-order valence-corrected chi connectivity index (χ2v) is 8.52. The molecule has 0 saturated heterocycles.